The Kier molecular flexibility index (Phi) is 3.83. The van der Waals surface area contributed by atoms with Crippen LogP contribution in [0.5, 0.6) is 0 Å². The number of aliphatic imine (C=N–C) groups is 1. The van der Waals surface area contributed by atoms with E-state index >= 15 is 0 Å². The van der Waals surface area contributed by atoms with Crippen LogP contribution in [-0.4, -0.2) is 11.9 Å². The number of rotatable bonds is 3. The lowest BCUT2D eigenvalue weighted by Gasteiger charge is -1.92. The molecule has 2 heterocycles. The van der Waals surface area contributed by atoms with Crippen molar-refractivity contribution in [1.82, 2.24) is 0 Å². The Balaban J connectivity index is 1.79. The van der Waals surface area contributed by atoms with Crippen molar-refractivity contribution >= 4 is 33.9 Å². The highest BCUT2D eigenvalue weighted by molar-refractivity contribution is 9.10. The molecule has 0 amide bonds. The van der Waals surface area contributed by atoms with E-state index in [1.165, 1.54) is 0 Å². The van der Waals surface area contributed by atoms with Crippen LogP contribution in [0.15, 0.2) is 74.4 Å². The van der Waals surface area contributed by atoms with Gasteiger partial charge >= 0.3 is 5.97 Å². The van der Waals surface area contributed by atoms with E-state index in [1.54, 1.807) is 24.3 Å². The van der Waals surface area contributed by atoms with Gasteiger partial charge in [-0.25, -0.2) is 9.79 Å². The highest BCUT2D eigenvalue weighted by Crippen LogP contribution is 2.20. The van der Waals surface area contributed by atoms with Gasteiger partial charge < -0.3 is 9.15 Å². The molecule has 0 saturated heterocycles. The summed E-state index contributed by atoms with van der Waals surface area (Å²) >= 11 is 3.19. The minimum absolute atomic E-state index is 0.171. The lowest BCUT2D eigenvalue weighted by Crippen LogP contribution is -2.04. The third-order valence-electron chi connectivity index (χ3n) is 2.75. The van der Waals surface area contributed by atoms with Gasteiger partial charge in [-0.1, -0.05) is 42.5 Å². The standard InChI is InChI=1S/C16H10BrNO3/c17-14-10-9-13(20-14)15-18-12(16(19)21-15)8-4-7-11-5-2-1-3-6-11/h1-10H. The van der Waals surface area contributed by atoms with E-state index in [9.17, 15) is 4.79 Å². The zero-order valence-corrected chi connectivity index (χ0v) is 12.4. The van der Waals surface area contributed by atoms with Crippen LogP contribution in [0.2, 0.25) is 0 Å². The van der Waals surface area contributed by atoms with Crippen molar-refractivity contribution in [3.63, 3.8) is 0 Å². The van der Waals surface area contributed by atoms with E-state index in [1.807, 2.05) is 36.4 Å². The summed E-state index contributed by atoms with van der Waals surface area (Å²) in [6, 6.07) is 13.2. The summed E-state index contributed by atoms with van der Waals surface area (Å²) in [7, 11) is 0. The van der Waals surface area contributed by atoms with Crippen molar-refractivity contribution in [2.45, 2.75) is 0 Å². The van der Waals surface area contributed by atoms with E-state index in [-0.39, 0.29) is 11.6 Å². The molecule has 0 N–H and O–H groups in total. The Morgan fingerprint density at radius 3 is 2.62 bits per heavy atom. The lowest BCUT2D eigenvalue weighted by atomic mass is 10.2. The Labute approximate surface area is 129 Å². The molecule has 1 aromatic heterocycles. The minimum Gasteiger partial charge on any atom is -0.444 e. The maximum atomic E-state index is 11.7. The van der Waals surface area contributed by atoms with E-state index in [4.69, 9.17) is 9.15 Å². The third kappa shape index (κ3) is 3.20. The van der Waals surface area contributed by atoms with Crippen molar-refractivity contribution in [1.29, 1.82) is 0 Å². The molecule has 0 unspecified atom stereocenters. The average molecular weight is 344 g/mol. The molecule has 2 aromatic rings. The molecule has 0 fully saturated rings. The number of ether oxygens (including phenoxy) is 1. The van der Waals surface area contributed by atoms with Crippen LogP contribution < -0.4 is 0 Å². The summed E-state index contributed by atoms with van der Waals surface area (Å²) in [5.41, 5.74) is 1.28. The van der Waals surface area contributed by atoms with Gasteiger partial charge in [-0.2, -0.15) is 0 Å². The Morgan fingerprint density at radius 1 is 1.10 bits per heavy atom. The third-order valence-corrected chi connectivity index (χ3v) is 3.17. The van der Waals surface area contributed by atoms with Gasteiger partial charge in [0.05, 0.1) is 0 Å². The second-order valence-electron chi connectivity index (χ2n) is 4.23. The fourth-order valence-corrected chi connectivity index (χ4v) is 2.08. The van der Waals surface area contributed by atoms with Crippen LogP contribution >= 0.6 is 15.9 Å². The summed E-state index contributed by atoms with van der Waals surface area (Å²) in [5, 5.41) is 0. The molecule has 5 heteroatoms. The normalized spacial score (nSPS) is 16.5. The second-order valence-corrected chi connectivity index (χ2v) is 5.01. The fourth-order valence-electron chi connectivity index (χ4n) is 1.77. The molecule has 0 bridgehead atoms. The molecule has 0 radical (unpaired) electrons. The number of halogens is 1. The summed E-state index contributed by atoms with van der Waals surface area (Å²) < 4.78 is 10.9. The first-order valence-corrected chi connectivity index (χ1v) is 7.02. The molecule has 0 saturated carbocycles. The van der Waals surface area contributed by atoms with Gasteiger partial charge in [0.15, 0.2) is 16.1 Å². The topological polar surface area (TPSA) is 51.8 Å². The second kappa shape index (κ2) is 5.93. The Bertz CT molecular complexity index is 757. The summed E-state index contributed by atoms with van der Waals surface area (Å²) in [6.45, 7) is 0. The smallest absolute Gasteiger partial charge is 0.363 e. The number of nitrogens with zero attached hydrogens (tertiary/aromatic N) is 1. The fraction of sp³-hybridized carbons (Fsp3) is 0. The van der Waals surface area contributed by atoms with Crippen molar-refractivity contribution in [2.24, 2.45) is 4.99 Å². The minimum atomic E-state index is -0.491. The molecule has 3 rings (SSSR count). The molecular formula is C16H10BrNO3. The van der Waals surface area contributed by atoms with E-state index < -0.39 is 5.97 Å². The van der Waals surface area contributed by atoms with E-state index in [0.29, 0.717) is 10.4 Å². The number of carbonyl (C=O) groups is 1. The van der Waals surface area contributed by atoms with Gasteiger partial charge in [0.1, 0.15) is 0 Å². The molecule has 0 aliphatic carbocycles. The quantitative estimate of drug-likeness (QED) is 0.626. The number of cyclic esters (lactones) is 1. The van der Waals surface area contributed by atoms with Crippen molar-refractivity contribution in [3.8, 4) is 0 Å². The van der Waals surface area contributed by atoms with Crippen molar-refractivity contribution in [3.05, 3.63) is 76.3 Å². The van der Waals surface area contributed by atoms with Gasteiger partial charge in [-0.05, 0) is 39.7 Å². The highest BCUT2D eigenvalue weighted by Gasteiger charge is 2.25. The maximum Gasteiger partial charge on any atom is 0.363 e. The Hall–Kier alpha value is -2.40. The number of hydrogen-bond acceptors (Lipinski definition) is 4. The van der Waals surface area contributed by atoms with E-state index in [2.05, 4.69) is 20.9 Å². The molecule has 0 spiro atoms. The monoisotopic (exact) mass is 343 g/mol. The molecular weight excluding hydrogens is 334 g/mol. The zero-order chi connectivity index (χ0) is 14.7. The number of benzene rings is 1. The Morgan fingerprint density at radius 2 is 1.90 bits per heavy atom. The predicted molar refractivity (Wildman–Crippen MR) is 82.6 cm³/mol. The van der Waals surface area contributed by atoms with Crippen LogP contribution in [0.3, 0.4) is 0 Å². The van der Waals surface area contributed by atoms with Gasteiger partial charge in [0.25, 0.3) is 5.90 Å². The molecule has 21 heavy (non-hydrogen) atoms. The van der Waals surface area contributed by atoms with Crippen LogP contribution in [-0.2, 0) is 9.53 Å². The van der Waals surface area contributed by atoms with Crippen LogP contribution in [0, 0.1) is 0 Å². The highest BCUT2D eigenvalue weighted by atomic mass is 79.9. The molecule has 1 aliphatic rings. The number of esters is 1. The molecule has 4 nitrogen and oxygen atoms in total. The molecule has 0 atom stereocenters. The lowest BCUT2D eigenvalue weighted by molar-refractivity contribution is -0.130. The number of carbonyl (C=O) groups excluding carboxylic acids is 1. The summed E-state index contributed by atoms with van der Waals surface area (Å²) in [5.74, 6) is 0.0889. The number of hydrogen-bond donors (Lipinski definition) is 0. The summed E-state index contributed by atoms with van der Waals surface area (Å²) in [6.07, 6.45) is 5.26. The average Bonchev–Trinajstić information content (AvgIpc) is 3.07. The van der Waals surface area contributed by atoms with Crippen LogP contribution in [0.4, 0.5) is 0 Å². The largest absolute Gasteiger partial charge is 0.444 e. The predicted octanol–water partition coefficient (Wildman–Crippen LogP) is 3.94. The first-order valence-electron chi connectivity index (χ1n) is 6.22. The first kappa shape index (κ1) is 13.6. The summed E-state index contributed by atoms with van der Waals surface area (Å²) in [4.78, 5) is 15.8. The van der Waals surface area contributed by atoms with Crippen LogP contribution in [0.25, 0.3) is 6.08 Å². The van der Waals surface area contributed by atoms with Gasteiger partial charge in [0.2, 0.25) is 0 Å². The van der Waals surface area contributed by atoms with Crippen LogP contribution in [0.1, 0.15) is 11.3 Å². The van der Waals surface area contributed by atoms with Crippen molar-refractivity contribution in [2.75, 3.05) is 0 Å². The molecule has 1 aliphatic heterocycles. The molecule has 1 aromatic carbocycles. The number of furan rings is 1. The zero-order valence-electron chi connectivity index (χ0n) is 10.8. The van der Waals surface area contributed by atoms with E-state index in [0.717, 1.165) is 5.56 Å². The SMILES string of the molecule is O=C1OC(c2ccc(Br)o2)=NC1=CC=Cc1ccccc1. The van der Waals surface area contributed by atoms with Gasteiger partial charge in [-0.3, -0.25) is 0 Å². The van der Waals surface area contributed by atoms with Gasteiger partial charge in [-0.15, -0.1) is 0 Å². The molecule has 104 valence electrons. The van der Waals surface area contributed by atoms with Crippen molar-refractivity contribution < 1.29 is 13.9 Å². The number of allylic oxidation sites excluding steroid dienone is 2. The van der Waals surface area contributed by atoms with Gasteiger partial charge in [0, 0.05) is 0 Å². The first-order chi connectivity index (χ1) is 10.2. The maximum absolute atomic E-state index is 11.7.